The fourth-order valence-electron chi connectivity index (χ4n) is 2.55. The van der Waals surface area contributed by atoms with Gasteiger partial charge in [-0.15, -0.1) is 0 Å². The molecule has 8 heteroatoms. The number of aromatic hydroxyl groups is 2. The number of phenolic OH excluding ortho intramolecular Hbond substituents is 2. The SMILES string of the molecule is O=C1C(=O)N(C2CC2)CCN1Cc1cc(F)c(O)c(O)c1Cl. The molecule has 2 aliphatic rings. The number of nitrogens with zero attached hydrogens (tertiary/aromatic N) is 2. The van der Waals surface area contributed by atoms with Crippen LogP contribution in [0.15, 0.2) is 6.07 Å². The molecule has 1 aliphatic heterocycles. The molecule has 1 heterocycles. The minimum atomic E-state index is -1.03. The summed E-state index contributed by atoms with van der Waals surface area (Å²) in [5.74, 6) is -3.97. The van der Waals surface area contributed by atoms with Gasteiger partial charge in [-0.2, -0.15) is 0 Å². The van der Waals surface area contributed by atoms with Crippen molar-refractivity contribution in [2.45, 2.75) is 25.4 Å². The lowest BCUT2D eigenvalue weighted by Gasteiger charge is -2.34. The number of carbonyl (C=O) groups is 2. The molecule has 6 nitrogen and oxygen atoms in total. The highest BCUT2D eigenvalue weighted by Gasteiger charge is 2.40. The van der Waals surface area contributed by atoms with Crippen LogP contribution in [0.1, 0.15) is 18.4 Å². The van der Waals surface area contributed by atoms with Gasteiger partial charge in [-0.3, -0.25) is 9.59 Å². The van der Waals surface area contributed by atoms with Gasteiger partial charge in [0, 0.05) is 25.7 Å². The second kappa shape index (κ2) is 5.31. The first kappa shape index (κ1) is 14.9. The third-order valence-electron chi connectivity index (χ3n) is 3.93. The molecule has 2 amide bonds. The minimum Gasteiger partial charge on any atom is -0.503 e. The Morgan fingerprint density at radius 1 is 1.18 bits per heavy atom. The zero-order valence-corrected chi connectivity index (χ0v) is 12.3. The molecular formula is C14H14ClFN2O4. The molecule has 0 radical (unpaired) electrons. The maximum atomic E-state index is 13.5. The molecule has 3 rings (SSSR count). The maximum Gasteiger partial charge on any atom is 0.312 e. The van der Waals surface area contributed by atoms with Crippen molar-refractivity contribution < 1.29 is 24.2 Å². The van der Waals surface area contributed by atoms with Crippen LogP contribution in [0.4, 0.5) is 4.39 Å². The second-order valence-electron chi connectivity index (χ2n) is 5.49. The largest absolute Gasteiger partial charge is 0.503 e. The Labute approximate surface area is 130 Å². The monoisotopic (exact) mass is 328 g/mol. The van der Waals surface area contributed by atoms with Gasteiger partial charge in [0.2, 0.25) is 0 Å². The van der Waals surface area contributed by atoms with Crippen molar-refractivity contribution in [1.82, 2.24) is 9.80 Å². The number of hydrogen-bond donors (Lipinski definition) is 2. The predicted octanol–water partition coefficient (Wildman–Crippen LogP) is 1.22. The lowest BCUT2D eigenvalue weighted by atomic mass is 10.1. The molecule has 1 saturated carbocycles. The van der Waals surface area contributed by atoms with Crippen molar-refractivity contribution in [1.29, 1.82) is 0 Å². The first-order chi connectivity index (χ1) is 10.4. The average Bonchev–Trinajstić information content (AvgIpc) is 3.32. The summed E-state index contributed by atoms with van der Waals surface area (Å²) in [6, 6.07) is 1.11. The van der Waals surface area contributed by atoms with E-state index in [-0.39, 0.29) is 23.2 Å². The van der Waals surface area contributed by atoms with E-state index in [0.29, 0.717) is 13.1 Å². The van der Waals surface area contributed by atoms with Crippen molar-refractivity contribution in [3.63, 3.8) is 0 Å². The van der Waals surface area contributed by atoms with Crippen molar-refractivity contribution in [3.8, 4) is 11.5 Å². The number of amides is 2. The van der Waals surface area contributed by atoms with E-state index in [0.717, 1.165) is 18.9 Å². The Balaban J connectivity index is 1.79. The van der Waals surface area contributed by atoms with Crippen LogP contribution in [0.3, 0.4) is 0 Å². The molecule has 0 unspecified atom stereocenters. The molecular weight excluding hydrogens is 315 g/mol. The number of carbonyl (C=O) groups excluding carboxylic acids is 2. The number of piperazine rings is 1. The van der Waals surface area contributed by atoms with Gasteiger partial charge in [0.15, 0.2) is 17.3 Å². The summed E-state index contributed by atoms with van der Waals surface area (Å²) in [6.45, 7) is 0.646. The van der Waals surface area contributed by atoms with Gasteiger partial charge >= 0.3 is 11.8 Å². The van der Waals surface area contributed by atoms with Gasteiger partial charge in [0.25, 0.3) is 0 Å². The summed E-state index contributed by atoms with van der Waals surface area (Å²) >= 11 is 5.85. The van der Waals surface area contributed by atoms with E-state index in [2.05, 4.69) is 0 Å². The fraction of sp³-hybridized carbons (Fsp3) is 0.429. The molecule has 0 bridgehead atoms. The molecule has 22 heavy (non-hydrogen) atoms. The highest BCUT2D eigenvalue weighted by Crippen LogP contribution is 2.38. The van der Waals surface area contributed by atoms with Gasteiger partial charge in [0.05, 0.1) is 5.02 Å². The third kappa shape index (κ3) is 2.45. The number of hydrogen-bond acceptors (Lipinski definition) is 4. The lowest BCUT2D eigenvalue weighted by Crippen LogP contribution is -2.54. The van der Waals surface area contributed by atoms with E-state index in [1.807, 2.05) is 0 Å². The van der Waals surface area contributed by atoms with Gasteiger partial charge < -0.3 is 20.0 Å². The van der Waals surface area contributed by atoms with Crippen LogP contribution < -0.4 is 0 Å². The summed E-state index contributed by atoms with van der Waals surface area (Å²) in [5, 5.41) is 18.6. The molecule has 1 aromatic carbocycles. The number of phenols is 2. The predicted molar refractivity (Wildman–Crippen MR) is 74.9 cm³/mol. The van der Waals surface area contributed by atoms with E-state index in [9.17, 15) is 24.2 Å². The van der Waals surface area contributed by atoms with Crippen LogP contribution in [0.5, 0.6) is 11.5 Å². The molecule has 1 saturated heterocycles. The molecule has 1 aromatic rings. The zero-order chi connectivity index (χ0) is 16.0. The summed E-state index contributed by atoms with van der Waals surface area (Å²) in [7, 11) is 0. The Morgan fingerprint density at radius 2 is 1.86 bits per heavy atom. The van der Waals surface area contributed by atoms with Crippen LogP contribution in [0, 0.1) is 5.82 Å². The van der Waals surface area contributed by atoms with Crippen LogP contribution in [0.25, 0.3) is 0 Å². The van der Waals surface area contributed by atoms with E-state index >= 15 is 0 Å². The summed E-state index contributed by atoms with van der Waals surface area (Å²) in [6.07, 6.45) is 1.84. The normalized spacial score (nSPS) is 19.0. The summed E-state index contributed by atoms with van der Waals surface area (Å²) in [5.41, 5.74) is 0.135. The topological polar surface area (TPSA) is 81.1 Å². The van der Waals surface area contributed by atoms with Crippen LogP contribution in [0.2, 0.25) is 5.02 Å². The zero-order valence-electron chi connectivity index (χ0n) is 11.6. The first-order valence-corrected chi connectivity index (χ1v) is 7.26. The van der Waals surface area contributed by atoms with Gasteiger partial charge in [-0.25, -0.2) is 4.39 Å². The van der Waals surface area contributed by atoms with E-state index in [1.54, 1.807) is 4.90 Å². The molecule has 0 aromatic heterocycles. The van der Waals surface area contributed by atoms with Crippen LogP contribution in [-0.2, 0) is 16.1 Å². The maximum absolute atomic E-state index is 13.5. The van der Waals surface area contributed by atoms with E-state index < -0.39 is 29.1 Å². The van der Waals surface area contributed by atoms with Crippen LogP contribution >= 0.6 is 11.6 Å². The van der Waals surface area contributed by atoms with Crippen molar-refractivity contribution >= 4 is 23.4 Å². The number of halogens is 2. The molecule has 1 aliphatic carbocycles. The second-order valence-corrected chi connectivity index (χ2v) is 5.86. The summed E-state index contributed by atoms with van der Waals surface area (Å²) in [4.78, 5) is 27.0. The Kier molecular flexibility index (Phi) is 3.60. The average molecular weight is 329 g/mol. The van der Waals surface area contributed by atoms with Gasteiger partial charge in [-0.1, -0.05) is 11.6 Å². The molecule has 118 valence electrons. The van der Waals surface area contributed by atoms with Gasteiger partial charge in [0.1, 0.15) is 0 Å². The standard InChI is InChI=1S/C14H14ClFN2O4/c15-10-7(5-9(16)11(19)12(10)20)6-17-3-4-18(8-1-2-8)14(22)13(17)21/h5,8,19-20H,1-4,6H2. The summed E-state index contributed by atoms with van der Waals surface area (Å²) < 4.78 is 13.5. The Bertz CT molecular complexity index is 663. The highest BCUT2D eigenvalue weighted by atomic mass is 35.5. The van der Waals surface area contributed by atoms with E-state index in [1.165, 1.54) is 4.90 Å². The smallest absolute Gasteiger partial charge is 0.312 e. The van der Waals surface area contributed by atoms with E-state index in [4.69, 9.17) is 11.6 Å². The Morgan fingerprint density at radius 3 is 2.50 bits per heavy atom. The fourth-order valence-corrected chi connectivity index (χ4v) is 2.75. The van der Waals surface area contributed by atoms with Crippen LogP contribution in [-0.4, -0.2) is 51.0 Å². The third-order valence-corrected chi connectivity index (χ3v) is 4.35. The van der Waals surface area contributed by atoms with Gasteiger partial charge in [-0.05, 0) is 24.5 Å². The number of rotatable bonds is 3. The molecule has 0 spiro atoms. The van der Waals surface area contributed by atoms with Crippen molar-refractivity contribution in [3.05, 3.63) is 22.5 Å². The van der Waals surface area contributed by atoms with Crippen molar-refractivity contribution in [2.75, 3.05) is 13.1 Å². The Hall–Kier alpha value is -2.02. The first-order valence-electron chi connectivity index (χ1n) is 6.88. The molecule has 2 N–H and O–H groups in total. The highest BCUT2D eigenvalue weighted by molar-refractivity contribution is 6.35. The van der Waals surface area contributed by atoms with Crippen molar-refractivity contribution in [2.24, 2.45) is 0 Å². The number of benzene rings is 1. The molecule has 2 fully saturated rings. The minimum absolute atomic E-state index is 0.104. The lowest BCUT2D eigenvalue weighted by molar-refractivity contribution is -0.156. The quantitative estimate of drug-likeness (QED) is 0.646. The molecule has 0 atom stereocenters.